The second kappa shape index (κ2) is 10.1. The molecule has 0 bridgehead atoms. The molecule has 10 heteroatoms. The minimum Gasteiger partial charge on any atom is -0.338 e. The predicted molar refractivity (Wildman–Crippen MR) is 133 cm³/mol. The number of aromatic nitrogens is 6. The van der Waals surface area contributed by atoms with Crippen LogP contribution in [-0.4, -0.2) is 29.9 Å². The molecule has 0 spiro atoms. The topological polar surface area (TPSA) is 82.5 Å². The average Bonchev–Trinajstić information content (AvgIpc) is 3.56. The van der Waals surface area contributed by atoms with Gasteiger partial charge in [-0.05, 0) is 37.6 Å². The monoisotopic (exact) mass is 494 g/mol. The lowest BCUT2D eigenvalue weighted by molar-refractivity contribution is 0.374. The van der Waals surface area contributed by atoms with Gasteiger partial charge in [0.15, 0.2) is 15.3 Å². The van der Waals surface area contributed by atoms with E-state index in [1.54, 1.807) is 34.9 Å². The van der Waals surface area contributed by atoms with Crippen molar-refractivity contribution >= 4 is 45.1 Å². The smallest absolute Gasteiger partial charge is 0.239 e. The predicted octanol–water partition coefficient (Wildman–Crippen LogP) is 6.36. The van der Waals surface area contributed by atoms with Crippen molar-refractivity contribution < 1.29 is 4.52 Å². The summed E-state index contributed by atoms with van der Waals surface area (Å²) in [6, 6.07) is 18.4. The van der Waals surface area contributed by atoms with Gasteiger partial charge in [-0.2, -0.15) is 4.98 Å². The van der Waals surface area contributed by atoms with Crippen LogP contribution in [0, 0.1) is 0 Å². The van der Waals surface area contributed by atoms with Gasteiger partial charge in [0.05, 0.1) is 21.2 Å². The average molecular weight is 495 g/mol. The van der Waals surface area contributed by atoms with Crippen molar-refractivity contribution in [2.45, 2.75) is 47.2 Å². The molecule has 5 aromatic rings. The molecule has 168 valence electrons. The highest BCUT2D eigenvalue weighted by Gasteiger charge is 2.22. The number of thiazole rings is 1. The molecule has 33 heavy (non-hydrogen) atoms. The van der Waals surface area contributed by atoms with Crippen molar-refractivity contribution in [2.75, 3.05) is 0 Å². The third kappa shape index (κ3) is 4.97. The highest BCUT2D eigenvalue weighted by molar-refractivity contribution is 8.00. The van der Waals surface area contributed by atoms with E-state index in [2.05, 4.69) is 50.0 Å². The molecule has 3 aromatic heterocycles. The van der Waals surface area contributed by atoms with Crippen LogP contribution in [0.25, 0.3) is 15.9 Å². The van der Waals surface area contributed by atoms with Crippen LogP contribution in [-0.2, 0) is 12.2 Å². The Kier molecular flexibility index (Phi) is 6.75. The number of hydrogen-bond acceptors (Lipinski definition) is 9. The SMILES string of the molecule is CCCc1noc(C(C)Sc2nnc(CSc3nc4ccccc4s3)n2-c2ccccc2)n1. The molecule has 0 amide bonds. The number of hydrogen-bond donors (Lipinski definition) is 0. The lowest BCUT2D eigenvalue weighted by Gasteiger charge is -2.11. The van der Waals surface area contributed by atoms with Gasteiger partial charge in [0.1, 0.15) is 5.82 Å². The zero-order chi connectivity index (χ0) is 22.6. The highest BCUT2D eigenvalue weighted by atomic mass is 32.2. The molecule has 1 unspecified atom stereocenters. The summed E-state index contributed by atoms with van der Waals surface area (Å²) in [6.07, 6.45) is 1.80. The molecule has 2 aromatic carbocycles. The Bertz CT molecular complexity index is 1310. The van der Waals surface area contributed by atoms with E-state index in [1.165, 1.54) is 4.70 Å². The van der Waals surface area contributed by atoms with Gasteiger partial charge in [0.25, 0.3) is 0 Å². The maximum atomic E-state index is 5.49. The maximum absolute atomic E-state index is 5.49. The first-order valence-electron chi connectivity index (χ1n) is 10.7. The first kappa shape index (κ1) is 22.1. The summed E-state index contributed by atoms with van der Waals surface area (Å²) < 4.78 is 9.80. The molecule has 0 saturated carbocycles. The third-order valence-electron chi connectivity index (χ3n) is 4.90. The Morgan fingerprint density at radius 3 is 2.67 bits per heavy atom. The van der Waals surface area contributed by atoms with Crippen molar-refractivity contribution in [3.8, 4) is 5.69 Å². The summed E-state index contributed by atoms with van der Waals surface area (Å²) in [5.74, 6) is 2.89. The first-order valence-corrected chi connectivity index (χ1v) is 13.4. The van der Waals surface area contributed by atoms with Crippen molar-refractivity contribution in [2.24, 2.45) is 0 Å². The van der Waals surface area contributed by atoms with E-state index in [0.29, 0.717) is 11.6 Å². The van der Waals surface area contributed by atoms with E-state index in [0.717, 1.165) is 45.2 Å². The summed E-state index contributed by atoms with van der Waals surface area (Å²) in [4.78, 5) is 9.27. The molecule has 1 atom stereocenters. The van der Waals surface area contributed by atoms with Crippen molar-refractivity contribution in [3.63, 3.8) is 0 Å². The van der Waals surface area contributed by atoms with Gasteiger partial charge in [-0.1, -0.05) is 65.9 Å². The number of para-hydroxylation sites is 2. The Morgan fingerprint density at radius 1 is 1.03 bits per heavy atom. The molecule has 0 aliphatic carbocycles. The molecule has 7 nitrogen and oxygen atoms in total. The largest absolute Gasteiger partial charge is 0.338 e. The van der Waals surface area contributed by atoms with Gasteiger partial charge in [-0.3, -0.25) is 4.57 Å². The number of fused-ring (bicyclic) bond motifs is 1. The fourth-order valence-corrected chi connectivity index (χ4v) is 6.21. The Balaban J connectivity index is 1.39. The van der Waals surface area contributed by atoms with Gasteiger partial charge in [0, 0.05) is 12.1 Å². The number of nitrogens with zero attached hydrogens (tertiary/aromatic N) is 6. The highest BCUT2D eigenvalue weighted by Crippen LogP contribution is 2.36. The van der Waals surface area contributed by atoms with Crippen LogP contribution in [0.5, 0.6) is 0 Å². The quantitative estimate of drug-likeness (QED) is 0.219. The zero-order valence-corrected chi connectivity index (χ0v) is 20.7. The molecule has 0 aliphatic rings. The summed E-state index contributed by atoms with van der Waals surface area (Å²) in [6.45, 7) is 4.15. The van der Waals surface area contributed by atoms with Gasteiger partial charge in [-0.15, -0.1) is 21.5 Å². The van der Waals surface area contributed by atoms with Gasteiger partial charge in [-0.25, -0.2) is 4.98 Å². The fourth-order valence-electron chi connectivity index (χ4n) is 3.31. The molecular formula is C23H22N6OS3. The Morgan fingerprint density at radius 2 is 1.85 bits per heavy atom. The molecule has 3 heterocycles. The summed E-state index contributed by atoms with van der Waals surface area (Å²) >= 11 is 4.95. The second-order valence-electron chi connectivity index (χ2n) is 7.36. The van der Waals surface area contributed by atoms with Crippen LogP contribution < -0.4 is 0 Å². The van der Waals surface area contributed by atoms with Gasteiger partial charge >= 0.3 is 0 Å². The second-order valence-corrected chi connectivity index (χ2v) is 10.9. The van der Waals surface area contributed by atoms with E-state index < -0.39 is 0 Å². The zero-order valence-electron chi connectivity index (χ0n) is 18.2. The molecule has 0 saturated heterocycles. The molecule has 0 radical (unpaired) electrons. The van der Waals surface area contributed by atoms with E-state index >= 15 is 0 Å². The Hall–Kier alpha value is -2.69. The van der Waals surface area contributed by atoms with E-state index in [9.17, 15) is 0 Å². The van der Waals surface area contributed by atoms with E-state index in [1.807, 2.05) is 43.3 Å². The summed E-state index contributed by atoms with van der Waals surface area (Å²) in [5, 5.41) is 13.9. The standard InChI is InChI=1S/C23H22N6OS3/c1-3-9-19-25-21(30-28-19)15(2)32-22-27-26-20(29(22)16-10-5-4-6-11-16)14-31-23-24-17-12-7-8-13-18(17)33-23/h4-8,10-13,15H,3,9,14H2,1-2H3. The molecular weight excluding hydrogens is 472 g/mol. The lowest BCUT2D eigenvalue weighted by Crippen LogP contribution is -2.02. The normalized spacial score (nSPS) is 12.4. The maximum Gasteiger partial charge on any atom is 0.239 e. The van der Waals surface area contributed by atoms with Crippen LogP contribution in [0.4, 0.5) is 0 Å². The first-order chi connectivity index (χ1) is 16.2. The summed E-state index contributed by atoms with van der Waals surface area (Å²) in [7, 11) is 0. The molecule has 0 N–H and O–H groups in total. The van der Waals surface area contributed by atoms with Crippen molar-refractivity contribution in [1.29, 1.82) is 0 Å². The van der Waals surface area contributed by atoms with E-state index in [-0.39, 0.29) is 5.25 Å². The number of benzene rings is 2. The number of aryl methyl sites for hydroxylation is 1. The molecule has 5 rings (SSSR count). The number of rotatable bonds is 9. The minimum atomic E-state index is -0.0421. The van der Waals surface area contributed by atoms with Gasteiger partial charge in [0.2, 0.25) is 5.89 Å². The van der Waals surface area contributed by atoms with Crippen molar-refractivity contribution in [3.05, 3.63) is 72.1 Å². The van der Waals surface area contributed by atoms with Crippen LogP contribution in [0.1, 0.15) is 43.1 Å². The Labute approximate surface area is 204 Å². The molecule has 0 fully saturated rings. The molecule has 0 aliphatic heterocycles. The fraction of sp³-hybridized carbons (Fsp3) is 0.261. The van der Waals surface area contributed by atoms with Crippen LogP contribution in [0.2, 0.25) is 0 Å². The minimum absolute atomic E-state index is 0.0421. The van der Waals surface area contributed by atoms with Crippen LogP contribution in [0.15, 0.2) is 68.6 Å². The third-order valence-corrected chi connectivity index (χ3v) is 8.11. The van der Waals surface area contributed by atoms with Crippen molar-refractivity contribution in [1.82, 2.24) is 29.9 Å². The van der Waals surface area contributed by atoms with E-state index in [4.69, 9.17) is 9.51 Å². The lowest BCUT2D eigenvalue weighted by atomic mass is 10.3. The van der Waals surface area contributed by atoms with Crippen LogP contribution >= 0.6 is 34.9 Å². The number of thioether (sulfide) groups is 2. The van der Waals surface area contributed by atoms with Crippen LogP contribution in [0.3, 0.4) is 0 Å². The van der Waals surface area contributed by atoms with Gasteiger partial charge < -0.3 is 4.52 Å². The summed E-state index contributed by atoms with van der Waals surface area (Å²) in [5.41, 5.74) is 2.05.